The van der Waals surface area contributed by atoms with Crippen molar-refractivity contribution in [2.75, 3.05) is 13.7 Å². The molecular weight excluding hydrogens is 284 g/mol. The van der Waals surface area contributed by atoms with Crippen molar-refractivity contribution in [3.8, 4) is 0 Å². The van der Waals surface area contributed by atoms with Crippen molar-refractivity contribution in [3.63, 3.8) is 0 Å². The van der Waals surface area contributed by atoms with Gasteiger partial charge >= 0.3 is 0 Å². The average molecular weight is 301 g/mol. The molecule has 0 aliphatic carbocycles. The van der Waals surface area contributed by atoms with Gasteiger partial charge < -0.3 is 14.6 Å². The predicted octanol–water partition coefficient (Wildman–Crippen LogP) is 2.34. The van der Waals surface area contributed by atoms with Crippen molar-refractivity contribution < 1.29 is 14.6 Å². The van der Waals surface area contributed by atoms with E-state index >= 15 is 0 Å². The average Bonchev–Trinajstić information content (AvgIpc) is 2.33. The fourth-order valence-corrected chi connectivity index (χ4v) is 3.05. The van der Waals surface area contributed by atoms with Gasteiger partial charge in [-0.1, -0.05) is 45.8 Å². The third-order valence-electron chi connectivity index (χ3n) is 3.21. The first-order chi connectivity index (χ1) is 8.08. The summed E-state index contributed by atoms with van der Waals surface area (Å²) in [6.07, 6.45) is 0.140. The van der Waals surface area contributed by atoms with E-state index in [9.17, 15) is 5.11 Å². The van der Waals surface area contributed by atoms with Crippen LogP contribution in [-0.4, -0.2) is 29.9 Å². The maximum Gasteiger partial charge on any atom is 0.172 e. The van der Waals surface area contributed by atoms with E-state index in [1.165, 1.54) is 0 Å². The van der Waals surface area contributed by atoms with Gasteiger partial charge in [-0.3, -0.25) is 0 Å². The van der Waals surface area contributed by atoms with E-state index in [0.717, 1.165) is 11.1 Å². The molecule has 0 radical (unpaired) electrons. The van der Waals surface area contributed by atoms with E-state index in [1.807, 2.05) is 31.2 Å². The Morgan fingerprint density at radius 2 is 2.29 bits per heavy atom. The second kappa shape index (κ2) is 5.06. The molecule has 1 heterocycles. The SMILES string of the molecule is CO[C@@H]1OCC[C@@](O)(c2cccc(C)c2)[C@H]1Br. The highest BCUT2D eigenvalue weighted by molar-refractivity contribution is 9.09. The zero-order chi connectivity index (χ0) is 12.5. The van der Waals surface area contributed by atoms with Crippen LogP contribution in [0.3, 0.4) is 0 Å². The van der Waals surface area contributed by atoms with Crippen molar-refractivity contribution >= 4 is 15.9 Å². The topological polar surface area (TPSA) is 38.7 Å². The zero-order valence-electron chi connectivity index (χ0n) is 10.0. The van der Waals surface area contributed by atoms with Crippen LogP contribution in [0.1, 0.15) is 17.5 Å². The Morgan fingerprint density at radius 3 is 2.94 bits per heavy atom. The van der Waals surface area contributed by atoms with Crippen LogP contribution in [-0.2, 0) is 15.1 Å². The van der Waals surface area contributed by atoms with Crippen LogP contribution < -0.4 is 0 Å². The molecule has 1 fully saturated rings. The van der Waals surface area contributed by atoms with Crippen molar-refractivity contribution in [1.29, 1.82) is 0 Å². The Bertz CT molecular complexity index is 396. The van der Waals surface area contributed by atoms with Gasteiger partial charge in [-0.2, -0.15) is 0 Å². The van der Waals surface area contributed by atoms with Crippen molar-refractivity contribution in [2.45, 2.75) is 30.1 Å². The number of benzene rings is 1. The predicted molar refractivity (Wildman–Crippen MR) is 69.2 cm³/mol. The number of ether oxygens (including phenoxy) is 2. The summed E-state index contributed by atoms with van der Waals surface area (Å²) < 4.78 is 10.7. The highest BCUT2D eigenvalue weighted by Crippen LogP contribution is 2.39. The van der Waals surface area contributed by atoms with Gasteiger partial charge in [0, 0.05) is 13.5 Å². The highest BCUT2D eigenvalue weighted by Gasteiger charge is 2.45. The Morgan fingerprint density at radius 1 is 1.53 bits per heavy atom. The third kappa shape index (κ3) is 2.40. The van der Waals surface area contributed by atoms with Gasteiger partial charge in [0.15, 0.2) is 6.29 Å². The minimum Gasteiger partial charge on any atom is -0.384 e. The van der Waals surface area contributed by atoms with Gasteiger partial charge in [-0.15, -0.1) is 0 Å². The van der Waals surface area contributed by atoms with E-state index in [2.05, 4.69) is 15.9 Å². The molecule has 1 aliphatic rings. The molecule has 3 atom stereocenters. The van der Waals surface area contributed by atoms with Crippen LogP contribution in [0.15, 0.2) is 24.3 Å². The molecule has 0 bridgehead atoms. The van der Waals surface area contributed by atoms with Gasteiger partial charge in [0.1, 0.15) is 5.60 Å². The maximum absolute atomic E-state index is 10.8. The second-order valence-corrected chi connectivity index (χ2v) is 5.41. The van der Waals surface area contributed by atoms with Crippen LogP contribution in [0.2, 0.25) is 0 Å². The number of hydrogen-bond donors (Lipinski definition) is 1. The largest absolute Gasteiger partial charge is 0.384 e. The lowest BCUT2D eigenvalue weighted by Gasteiger charge is -2.41. The van der Waals surface area contributed by atoms with Crippen LogP contribution in [0.4, 0.5) is 0 Å². The number of aliphatic hydroxyl groups is 1. The van der Waals surface area contributed by atoms with Gasteiger partial charge in [0.2, 0.25) is 0 Å². The molecule has 2 rings (SSSR count). The molecule has 3 nitrogen and oxygen atoms in total. The molecule has 1 aromatic rings. The van der Waals surface area contributed by atoms with Gasteiger partial charge in [0.25, 0.3) is 0 Å². The van der Waals surface area contributed by atoms with Crippen LogP contribution >= 0.6 is 15.9 Å². The lowest BCUT2D eigenvalue weighted by atomic mass is 9.85. The monoisotopic (exact) mass is 300 g/mol. The Balaban J connectivity index is 2.34. The summed E-state index contributed by atoms with van der Waals surface area (Å²) in [6.45, 7) is 2.51. The smallest absolute Gasteiger partial charge is 0.172 e. The van der Waals surface area contributed by atoms with E-state index in [-0.39, 0.29) is 4.83 Å². The zero-order valence-corrected chi connectivity index (χ0v) is 11.6. The molecule has 0 unspecified atom stereocenters. The Hall–Kier alpha value is -0.420. The molecule has 0 spiro atoms. The first-order valence-corrected chi connectivity index (χ1v) is 6.57. The molecule has 1 saturated heterocycles. The Labute approximate surface area is 110 Å². The summed E-state index contributed by atoms with van der Waals surface area (Å²) >= 11 is 3.50. The van der Waals surface area contributed by atoms with Crippen molar-refractivity contribution in [1.82, 2.24) is 0 Å². The van der Waals surface area contributed by atoms with Crippen LogP contribution in [0, 0.1) is 6.92 Å². The molecule has 1 aliphatic heterocycles. The summed E-state index contributed by atoms with van der Waals surface area (Å²) in [5.74, 6) is 0. The number of alkyl halides is 1. The maximum atomic E-state index is 10.8. The summed E-state index contributed by atoms with van der Waals surface area (Å²) in [5.41, 5.74) is 1.10. The van der Waals surface area contributed by atoms with E-state index in [0.29, 0.717) is 13.0 Å². The summed E-state index contributed by atoms with van der Waals surface area (Å²) in [7, 11) is 1.58. The summed E-state index contributed by atoms with van der Waals surface area (Å²) in [6, 6.07) is 7.93. The van der Waals surface area contributed by atoms with Gasteiger partial charge in [-0.25, -0.2) is 0 Å². The molecular formula is C13H17BrO3. The Kier molecular flexibility index (Phi) is 3.88. The van der Waals surface area contributed by atoms with E-state index in [1.54, 1.807) is 7.11 Å². The normalized spacial score (nSPS) is 33.6. The van der Waals surface area contributed by atoms with Gasteiger partial charge in [0.05, 0.1) is 11.4 Å². The molecule has 0 aromatic heterocycles. The summed E-state index contributed by atoms with van der Waals surface area (Å²) in [4.78, 5) is -0.268. The summed E-state index contributed by atoms with van der Waals surface area (Å²) in [5, 5.41) is 10.8. The molecule has 4 heteroatoms. The second-order valence-electron chi connectivity index (χ2n) is 4.42. The van der Waals surface area contributed by atoms with E-state index < -0.39 is 11.9 Å². The molecule has 0 amide bonds. The lowest BCUT2D eigenvalue weighted by Crippen LogP contribution is -2.49. The fraction of sp³-hybridized carbons (Fsp3) is 0.538. The van der Waals surface area contributed by atoms with Crippen LogP contribution in [0.5, 0.6) is 0 Å². The lowest BCUT2D eigenvalue weighted by molar-refractivity contribution is -0.194. The number of methoxy groups -OCH3 is 1. The molecule has 94 valence electrons. The number of halogens is 1. The molecule has 17 heavy (non-hydrogen) atoms. The number of aryl methyl sites for hydroxylation is 1. The van der Waals surface area contributed by atoms with Crippen LogP contribution in [0.25, 0.3) is 0 Å². The molecule has 1 N–H and O–H groups in total. The van der Waals surface area contributed by atoms with Crippen molar-refractivity contribution in [2.24, 2.45) is 0 Å². The number of rotatable bonds is 2. The minimum atomic E-state index is -0.940. The third-order valence-corrected chi connectivity index (χ3v) is 4.40. The standard InChI is InChI=1S/C13H17BrO3/c1-9-4-3-5-10(8-9)13(15)6-7-17-12(16-2)11(13)14/h3-5,8,11-12,15H,6-7H2,1-2H3/t11-,12+,13+/m0/s1. The highest BCUT2D eigenvalue weighted by atomic mass is 79.9. The molecule has 0 saturated carbocycles. The minimum absolute atomic E-state index is 0.268. The van der Waals surface area contributed by atoms with E-state index in [4.69, 9.17) is 9.47 Å². The fourth-order valence-electron chi connectivity index (χ4n) is 2.18. The number of hydrogen-bond acceptors (Lipinski definition) is 3. The molecule has 1 aromatic carbocycles. The quantitative estimate of drug-likeness (QED) is 0.852. The van der Waals surface area contributed by atoms with Gasteiger partial charge in [-0.05, 0) is 12.5 Å². The first kappa shape index (κ1) is 13.0. The van der Waals surface area contributed by atoms with Crippen molar-refractivity contribution in [3.05, 3.63) is 35.4 Å². The first-order valence-electron chi connectivity index (χ1n) is 5.66.